The van der Waals surface area contributed by atoms with Crippen LogP contribution in [0.3, 0.4) is 0 Å². The van der Waals surface area contributed by atoms with Gasteiger partial charge < -0.3 is 5.32 Å². The van der Waals surface area contributed by atoms with Gasteiger partial charge in [0.15, 0.2) is 0 Å². The van der Waals surface area contributed by atoms with Crippen molar-refractivity contribution in [2.45, 2.75) is 45.4 Å². The van der Waals surface area contributed by atoms with Crippen molar-refractivity contribution in [1.29, 1.82) is 0 Å². The van der Waals surface area contributed by atoms with Gasteiger partial charge in [0.05, 0.1) is 0 Å². The van der Waals surface area contributed by atoms with Crippen LogP contribution in [0.1, 0.15) is 45.4 Å². The molecule has 0 saturated heterocycles. The molecule has 0 heterocycles. The zero-order valence-corrected chi connectivity index (χ0v) is 8.40. The molecule has 1 N–H and O–H groups in total. The summed E-state index contributed by atoms with van der Waals surface area (Å²) in [4.78, 5) is 0. The molecule has 0 aromatic carbocycles. The summed E-state index contributed by atoms with van der Waals surface area (Å²) >= 11 is 0. The molecule has 0 aliphatic heterocycles. The molecule has 70 valence electrons. The summed E-state index contributed by atoms with van der Waals surface area (Å²) < 4.78 is 0. The van der Waals surface area contributed by atoms with Crippen molar-refractivity contribution in [3.63, 3.8) is 0 Å². The number of rotatable bonds is 4. The number of nitrogens with one attached hydrogen (secondary N) is 1. The van der Waals surface area contributed by atoms with Gasteiger partial charge in [0.25, 0.3) is 0 Å². The average Bonchev–Trinajstić information content (AvgIpc) is 2.15. The van der Waals surface area contributed by atoms with Gasteiger partial charge in [-0.25, -0.2) is 0 Å². The van der Waals surface area contributed by atoms with Crippen LogP contribution in [0, 0.1) is 5.92 Å². The van der Waals surface area contributed by atoms with Crippen LogP contribution < -0.4 is 5.32 Å². The SMILES string of the molecule is CCCCC1CC=C(NC)CC1. The molecule has 1 heteroatoms. The lowest BCUT2D eigenvalue weighted by atomic mass is 9.88. The Morgan fingerprint density at radius 3 is 2.92 bits per heavy atom. The highest BCUT2D eigenvalue weighted by atomic mass is 14.8. The topological polar surface area (TPSA) is 12.0 Å². The van der Waals surface area contributed by atoms with Crippen molar-refractivity contribution in [3.8, 4) is 0 Å². The summed E-state index contributed by atoms with van der Waals surface area (Å²) in [7, 11) is 2.03. The van der Waals surface area contributed by atoms with Crippen molar-refractivity contribution in [3.05, 3.63) is 11.8 Å². The molecule has 12 heavy (non-hydrogen) atoms. The third-order valence-corrected chi connectivity index (χ3v) is 2.81. The van der Waals surface area contributed by atoms with E-state index in [9.17, 15) is 0 Å². The van der Waals surface area contributed by atoms with Crippen molar-refractivity contribution in [2.24, 2.45) is 5.92 Å². The Morgan fingerprint density at radius 2 is 2.42 bits per heavy atom. The molecule has 0 fully saturated rings. The van der Waals surface area contributed by atoms with Crippen LogP contribution in [-0.2, 0) is 0 Å². The second kappa shape index (κ2) is 5.23. The molecule has 1 aliphatic rings. The number of hydrogen-bond donors (Lipinski definition) is 1. The van der Waals surface area contributed by atoms with E-state index in [1.807, 2.05) is 7.05 Å². The van der Waals surface area contributed by atoms with Crippen LogP contribution >= 0.6 is 0 Å². The summed E-state index contributed by atoms with van der Waals surface area (Å²) in [5.41, 5.74) is 1.45. The van der Waals surface area contributed by atoms with E-state index in [0.717, 1.165) is 5.92 Å². The van der Waals surface area contributed by atoms with Crippen LogP contribution in [0.2, 0.25) is 0 Å². The van der Waals surface area contributed by atoms with Crippen LogP contribution in [0.5, 0.6) is 0 Å². The zero-order chi connectivity index (χ0) is 8.81. The summed E-state index contributed by atoms with van der Waals surface area (Å²) in [6.45, 7) is 2.28. The predicted octanol–water partition coefficient (Wildman–Crippen LogP) is 3.08. The first-order valence-corrected chi connectivity index (χ1v) is 5.23. The summed E-state index contributed by atoms with van der Waals surface area (Å²) in [5.74, 6) is 0.974. The van der Waals surface area contributed by atoms with Crippen LogP contribution in [0.15, 0.2) is 11.8 Å². The maximum Gasteiger partial charge on any atom is 0.00637 e. The van der Waals surface area contributed by atoms with Gasteiger partial charge in [0, 0.05) is 12.7 Å². The number of unbranched alkanes of at least 4 members (excludes halogenated alkanes) is 1. The van der Waals surface area contributed by atoms with E-state index in [1.165, 1.54) is 44.2 Å². The van der Waals surface area contributed by atoms with Crippen molar-refractivity contribution >= 4 is 0 Å². The van der Waals surface area contributed by atoms with E-state index in [4.69, 9.17) is 0 Å². The molecule has 0 saturated carbocycles. The quantitative estimate of drug-likeness (QED) is 0.678. The number of allylic oxidation sites excluding steroid dienone is 2. The monoisotopic (exact) mass is 167 g/mol. The van der Waals surface area contributed by atoms with E-state index in [2.05, 4.69) is 18.3 Å². The van der Waals surface area contributed by atoms with Gasteiger partial charge in [-0.1, -0.05) is 32.3 Å². The Hall–Kier alpha value is -0.460. The maximum absolute atomic E-state index is 3.24. The minimum absolute atomic E-state index is 0.974. The normalized spacial score (nSPS) is 23.5. The van der Waals surface area contributed by atoms with Gasteiger partial charge >= 0.3 is 0 Å². The first-order chi connectivity index (χ1) is 5.86. The van der Waals surface area contributed by atoms with Gasteiger partial charge in [-0.15, -0.1) is 0 Å². The molecule has 0 aromatic heterocycles. The third-order valence-electron chi connectivity index (χ3n) is 2.81. The average molecular weight is 167 g/mol. The molecule has 1 atom stereocenters. The fourth-order valence-corrected chi connectivity index (χ4v) is 1.87. The van der Waals surface area contributed by atoms with E-state index in [1.54, 1.807) is 0 Å². The Morgan fingerprint density at radius 1 is 1.58 bits per heavy atom. The van der Waals surface area contributed by atoms with Gasteiger partial charge in [0.1, 0.15) is 0 Å². The predicted molar refractivity (Wildman–Crippen MR) is 54.0 cm³/mol. The maximum atomic E-state index is 3.24. The minimum Gasteiger partial charge on any atom is -0.392 e. The fourth-order valence-electron chi connectivity index (χ4n) is 1.87. The standard InChI is InChI=1S/C11H21N/c1-3-4-5-10-6-8-11(12-2)9-7-10/h8,10,12H,3-7,9H2,1-2H3. The highest BCUT2D eigenvalue weighted by Crippen LogP contribution is 2.25. The van der Waals surface area contributed by atoms with Crippen LogP contribution in [0.25, 0.3) is 0 Å². The van der Waals surface area contributed by atoms with Gasteiger partial charge in [0.2, 0.25) is 0 Å². The Bertz CT molecular complexity index is 149. The highest BCUT2D eigenvalue weighted by Gasteiger charge is 2.12. The molecule has 1 unspecified atom stereocenters. The van der Waals surface area contributed by atoms with Crippen LogP contribution in [0.4, 0.5) is 0 Å². The Balaban J connectivity index is 2.21. The van der Waals surface area contributed by atoms with E-state index >= 15 is 0 Å². The van der Waals surface area contributed by atoms with Gasteiger partial charge in [-0.3, -0.25) is 0 Å². The third kappa shape index (κ3) is 2.88. The molecular weight excluding hydrogens is 146 g/mol. The Kier molecular flexibility index (Phi) is 4.20. The summed E-state index contributed by atoms with van der Waals surface area (Å²) in [6, 6.07) is 0. The van der Waals surface area contributed by atoms with Crippen LogP contribution in [-0.4, -0.2) is 7.05 Å². The summed E-state index contributed by atoms with van der Waals surface area (Å²) in [6.07, 6.45) is 10.5. The van der Waals surface area contributed by atoms with Crippen molar-refractivity contribution in [2.75, 3.05) is 7.05 Å². The Labute approximate surface area is 76.2 Å². The lowest BCUT2D eigenvalue weighted by Gasteiger charge is -2.21. The molecule has 0 amide bonds. The molecular formula is C11H21N. The smallest absolute Gasteiger partial charge is 0.00637 e. The lowest BCUT2D eigenvalue weighted by molar-refractivity contribution is 0.416. The van der Waals surface area contributed by atoms with Gasteiger partial charge in [-0.2, -0.15) is 0 Å². The molecule has 0 spiro atoms. The molecule has 1 aliphatic carbocycles. The zero-order valence-electron chi connectivity index (χ0n) is 8.40. The largest absolute Gasteiger partial charge is 0.392 e. The molecule has 0 radical (unpaired) electrons. The molecule has 0 bridgehead atoms. The van der Waals surface area contributed by atoms with E-state index < -0.39 is 0 Å². The number of hydrogen-bond acceptors (Lipinski definition) is 1. The first-order valence-electron chi connectivity index (χ1n) is 5.23. The molecule has 1 rings (SSSR count). The second-order valence-corrected chi connectivity index (χ2v) is 3.76. The minimum atomic E-state index is 0.974. The first kappa shape index (κ1) is 9.63. The fraction of sp³-hybridized carbons (Fsp3) is 0.818. The second-order valence-electron chi connectivity index (χ2n) is 3.76. The van der Waals surface area contributed by atoms with E-state index in [-0.39, 0.29) is 0 Å². The lowest BCUT2D eigenvalue weighted by Crippen LogP contribution is -2.13. The highest BCUT2D eigenvalue weighted by molar-refractivity contribution is 5.03. The molecule has 0 aromatic rings. The van der Waals surface area contributed by atoms with E-state index in [0.29, 0.717) is 0 Å². The molecule has 1 nitrogen and oxygen atoms in total. The van der Waals surface area contributed by atoms with Crippen molar-refractivity contribution < 1.29 is 0 Å². The van der Waals surface area contributed by atoms with Crippen molar-refractivity contribution in [1.82, 2.24) is 5.32 Å². The van der Waals surface area contributed by atoms with Gasteiger partial charge in [-0.05, 0) is 25.2 Å². The summed E-state index contributed by atoms with van der Waals surface area (Å²) in [5, 5.41) is 3.24.